The van der Waals surface area contributed by atoms with Gasteiger partial charge in [0.1, 0.15) is 17.6 Å². The topological polar surface area (TPSA) is 128 Å². The molecule has 5 aliphatic carbocycles. The average molecular weight is 777 g/mol. The van der Waals surface area contributed by atoms with Gasteiger partial charge in [-0.3, -0.25) is 16.5 Å². The van der Waals surface area contributed by atoms with Gasteiger partial charge in [0.25, 0.3) is 0 Å². The fraction of sp³-hybridized carbons (Fsp3) is 0.714. The van der Waals surface area contributed by atoms with Crippen molar-refractivity contribution < 1.29 is 24.5 Å². The Labute approximate surface area is 341 Å². The van der Waals surface area contributed by atoms with Crippen molar-refractivity contribution in [3.63, 3.8) is 0 Å². The number of rotatable bonds is 11. The van der Waals surface area contributed by atoms with Gasteiger partial charge in [-0.05, 0) is 148 Å². The Bertz CT molecular complexity index is 1540. The van der Waals surface area contributed by atoms with E-state index in [1.165, 1.54) is 57.8 Å². The Morgan fingerprint density at radius 3 is 2.14 bits per heavy atom. The van der Waals surface area contributed by atoms with Gasteiger partial charge in [-0.15, -0.1) is 13.2 Å². The summed E-state index contributed by atoms with van der Waals surface area (Å²) in [5, 5.41) is 19.4. The van der Waals surface area contributed by atoms with Gasteiger partial charge in [0.15, 0.2) is 0 Å². The highest BCUT2D eigenvalue weighted by Crippen LogP contribution is 2.73. The van der Waals surface area contributed by atoms with Crippen molar-refractivity contribution in [1.29, 1.82) is 0 Å². The minimum absolute atomic E-state index is 0.0265. The first-order valence-corrected chi connectivity index (χ1v) is 21.7. The monoisotopic (exact) mass is 777 g/mol. The smallest absolute Gasteiger partial charge is 0.309 e. The zero-order chi connectivity index (χ0) is 42.3. The molecular formula is C49H80N2O5. The quantitative estimate of drug-likeness (QED) is 0.0440. The normalized spacial score (nSPS) is 32.6. The number of nitrogens with two attached hydrogens (primary N) is 2. The molecular weight excluding hydrogens is 697 g/mol. The summed E-state index contributed by atoms with van der Waals surface area (Å²) in [7, 11) is 0. The molecule has 4 fully saturated rings. The van der Waals surface area contributed by atoms with Gasteiger partial charge in [0.05, 0.1) is 12.0 Å². The highest BCUT2D eigenvalue weighted by Gasteiger charge is 2.66. The standard InChI is InChI=1S/C45H66O5.C2H6.C2H4.H4N2/c1-10-32(27-41(4,5)40(47)48)50-38-20-22-44(9)36(42(38,6)7)19-21-43(8)35-18-24-45(25-26-49-28-30-11-13-31(46)14-12-30)23-17-33(29(2)3)39(45)34(35)15-16-37(43)44;3*1-2/h11-14,29,34-38,46H,1,15-28H2,2-9H3,(H,47,48);1-2H3;2*1-2H2. The lowest BCUT2D eigenvalue weighted by molar-refractivity contribution is -0.206. The number of aromatic hydroxyl groups is 1. The number of hydrazine groups is 1. The van der Waals surface area contributed by atoms with E-state index in [0.717, 1.165) is 30.9 Å². The van der Waals surface area contributed by atoms with E-state index in [-0.39, 0.29) is 16.9 Å². The molecule has 0 heterocycles. The van der Waals surface area contributed by atoms with E-state index >= 15 is 0 Å². The Morgan fingerprint density at radius 1 is 0.929 bits per heavy atom. The maximum atomic E-state index is 11.9. The third-order valence-corrected chi connectivity index (χ3v) is 15.5. The lowest BCUT2D eigenvalue weighted by Gasteiger charge is -2.69. The van der Waals surface area contributed by atoms with Crippen LogP contribution in [0.1, 0.15) is 152 Å². The van der Waals surface area contributed by atoms with Crippen molar-refractivity contribution in [2.45, 2.75) is 159 Å². The predicted octanol–water partition coefficient (Wildman–Crippen LogP) is 11.9. The number of hydrogen-bond acceptors (Lipinski definition) is 6. The largest absolute Gasteiger partial charge is 0.508 e. The molecule has 6 N–H and O–H groups in total. The molecule has 8 unspecified atom stereocenters. The Balaban J connectivity index is 0.00000134. The molecule has 56 heavy (non-hydrogen) atoms. The first-order chi connectivity index (χ1) is 26.5. The Kier molecular flexibility index (Phi) is 16.4. The number of carboxylic acids is 1. The summed E-state index contributed by atoms with van der Waals surface area (Å²) < 4.78 is 13.0. The van der Waals surface area contributed by atoms with Crippen LogP contribution in [0.4, 0.5) is 0 Å². The summed E-state index contributed by atoms with van der Waals surface area (Å²) in [5.74, 6) is 11.4. The number of fused-ring (bicyclic) bond motifs is 7. The van der Waals surface area contributed by atoms with Crippen LogP contribution in [0.5, 0.6) is 5.75 Å². The summed E-state index contributed by atoms with van der Waals surface area (Å²) >= 11 is 0. The van der Waals surface area contributed by atoms with Gasteiger partial charge in [0.2, 0.25) is 0 Å². The van der Waals surface area contributed by atoms with Crippen molar-refractivity contribution in [3.8, 4) is 5.75 Å². The first kappa shape index (κ1) is 47.5. The summed E-state index contributed by atoms with van der Waals surface area (Å²) in [4.78, 5) is 11.9. The lowest BCUT2D eigenvalue weighted by Crippen LogP contribution is -2.62. The van der Waals surface area contributed by atoms with Crippen molar-refractivity contribution in [2.24, 2.45) is 68.3 Å². The molecule has 4 saturated carbocycles. The minimum atomic E-state index is -0.915. The Morgan fingerprint density at radius 2 is 1.55 bits per heavy atom. The molecule has 0 radical (unpaired) electrons. The maximum absolute atomic E-state index is 11.9. The molecule has 316 valence electrons. The van der Waals surface area contributed by atoms with E-state index in [9.17, 15) is 15.0 Å². The van der Waals surface area contributed by atoms with Crippen molar-refractivity contribution in [1.82, 2.24) is 0 Å². The van der Waals surface area contributed by atoms with E-state index in [0.29, 0.717) is 59.0 Å². The number of carboxylic acid groups (broad SMARTS) is 1. The molecule has 0 aromatic heterocycles. The third-order valence-electron chi connectivity index (χ3n) is 15.5. The van der Waals surface area contributed by atoms with Crippen molar-refractivity contribution in [2.75, 3.05) is 6.61 Å². The molecule has 7 nitrogen and oxygen atoms in total. The van der Waals surface area contributed by atoms with Gasteiger partial charge < -0.3 is 19.7 Å². The molecule has 8 atom stereocenters. The van der Waals surface area contributed by atoms with E-state index in [4.69, 9.17) is 9.47 Å². The zero-order valence-corrected chi connectivity index (χ0v) is 37.1. The number of benzene rings is 1. The zero-order valence-electron chi connectivity index (χ0n) is 37.1. The second-order valence-electron chi connectivity index (χ2n) is 19.3. The van der Waals surface area contributed by atoms with Gasteiger partial charge >= 0.3 is 5.97 Å². The number of ether oxygens (including phenoxy) is 2. The molecule has 0 saturated heterocycles. The fourth-order valence-electron chi connectivity index (χ4n) is 12.9. The summed E-state index contributed by atoms with van der Waals surface area (Å²) in [5.41, 5.74) is 7.70. The van der Waals surface area contributed by atoms with Crippen LogP contribution in [0.15, 0.2) is 66.6 Å². The number of allylic oxidation sites excluding steroid dienone is 3. The van der Waals surface area contributed by atoms with Crippen LogP contribution in [0.25, 0.3) is 0 Å². The van der Waals surface area contributed by atoms with Crippen LogP contribution in [-0.2, 0) is 20.9 Å². The van der Waals surface area contributed by atoms with E-state index < -0.39 is 11.4 Å². The van der Waals surface area contributed by atoms with Crippen LogP contribution >= 0.6 is 0 Å². The van der Waals surface area contributed by atoms with Gasteiger partial charge in [-0.1, -0.05) is 91.0 Å². The van der Waals surface area contributed by atoms with Crippen LogP contribution < -0.4 is 11.7 Å². The third kappa shape index (κ3) is 9.07. The molecule has 6 rings (SSSR count). The SMILES string of the molecule is C=C.C=C=C(CC(C)(C)C(=O)O)OC1CCC2(C)C(CCC3(C)C4CCC5(CCOCc6ccc(O)cc6)CCC(C(C)C)=C5C4CCC32)C1(C)C.CC.NN. The first-order valence-electron chi connectivity index (χ1n) is 21.7. The average Bonchev–Trinajstić information content (AvgIpc) is 3.57. The van der Waals surface area contributed by atoms with Crippen LogP contribution in [0, 0.1) is 56.7 Å². The molecule has 0 amide bonds. The minimum Gasteiger partial charge on any atom is -0.508 e. The van der Waals surface area contributed by atoms with Crippen LogP contribution in [-0.4, -0.2) is 28.9 Å². The molecule has 0 aliphatic heterocycles. The second-order valence-corrected chi connectivity index (χ2v) is 19.3. The van der Waals surface area contributed by atoms with Crippen LogP contribution in [0.3, 0.4) is 0 Å². The van der Waals surface area contributed by atoms with Crippen LogP contribution in [0.2, 0.25) is 0 Å². The number of aliphatic carboxylic acids is 1. The van der Waals surface area contributed by atoms with E-state index in [2.05, 4.69) is 78.7 Å². The second kappa shape index (κ2) is 19.3. The molecule has 0 spiro atoms. The molecule has 0 bridgehead atoms. The highest BCUT2D eigenvalue weighted by molar-refractivity contribution is 5.73. The predicted molar refractivity (Wildman–Crippen MR) is 231 cm³/mol. The number of phenolic OH excluding ortho intramolecular Hbond substituents is 1. The molecule has 5 aliphatic rings. The lowest BCUT2D eigenvalue weighted by atomic mass is 9.36. The Hall–Kier alpha value is -2.83. The van der Waals surface area contributed by atoms with Gasteiger partial charge in [-0.25, -0.2) is 0 Å². The summed E-state index contributed by atoms with van der Waals surface area (Å²) in [6.07, 6.45) is 14.0. The summed E-state index contributed by atoms with van der Waals surface area (Å²) in [6, 6.07) is 7.42. The number of phenols is 1. The molecule has 1 aromatic carbocycles. The fourth-order valence-corrected chi connectivity index (χ4v) is 12.9. The molecule has 7 heteroatoms. The van der Waals surface area contributed by atoms with Crippen molar-refractivity contribution in [3.05, 3.63) is 72.2 Å². The van der Waals surface area contributed by atoms with Crippen molar-refractivity contribution >= 4 is 5.97 Å². The summed E-state index contributed by atoms with van der Waals surface area (Å²) in [6.45, 7) is 33.9. The maximum Gasteiger partial charge on any atom is 0.309 e. The number of hydrogen-bond donors (Lipinski definition) is 4. The van der Waals surface area contributed by atoms with E-state index in [1.807, 2.05) is 31.6 Å². The van der Waals surface area contributed by atoms with E-state index in [1.54, 1.807) is 31.6 Å². The number of carbonyl (C=O) groups is 1. The highest BCUT2D eigenvalue weighted by atomic mass is 16.5. The van der Waals surface area contributed by atoms with Gasteiger partial charge in [-0.2, -0.15) is 0 Å². The van der Waals surface area contributed by atoms with Gasteiger partial charge in [0, 0.05) is 18.4 Å². The molecule has 1 aromatic rings.